The van der Waals surface area contributed by atoms with Gasteiger partial charge in [0.1, 0.15) is 46.0 Å². The van der Waals surface area contributed by atoms with Crippen molar-refractivity contribution in [3.8, 4) is 46.0 Å². The van der Waals surface area contributed by atoms with Gasteiger partial charge in [-0.15, -0.1) is 0 Å². The van der Waals surface area contributed by atoms with Crippen molar-refractivity contribution in [2.75, 3.05) is 39.2 Å². The number of para-hydroxylation sites is 8. The first kappa shape index (κ1) is 78.8. The van der Waals surface area contributed by atoms with Crippen LogP contribution in [0.4, 0.5) is 136 Å². The van der Waals surface area contributed by atoms with E-state index in [-0.39, 0.29) is 0 Å². The summed E-state index contributed by atoms with van der Waals surface area (Å²) >= 11 is 0. The summed E-state index contributed by atoms with van der Waals surface area (Å²) in [5, 5.41) is 20.9. The van der Waals surface area contributed by atoms with Crippen molar-refractivity contribution in [2.24, 2.45) is 0 Å². The summed E-state index contributed by atoms with van der Waals surface area (Å²) in [6, 6.07) is 151. The predicted octanol–water partition coefficient (Wildman–Crippen LogP) is 24.2. The fourth-order valence-corrected chi connectivity index (χ4v) is 40.1. The Balaban J connectivity index is 0.000000126. The SMILES string of the molecule is CCC.CCC.c1ccc(N2c3cccc4c3[SiH]3c5c2cccc5N(c2ccccc2)c2c3c(cc3c5c6c(cc23)Oc2cccc3c2[SiH]6c2c(cccc2N5c2ccccc2)N3c2ccccc2)O4)cc1.c1ccc(N2c3cccc4c3[SiH]3c5c2cccc5N(c2ccccc2)c2cc5c6c7c(cc5c(c23)O4)Oc2cccc3c2[SiH]7c2c(cccc2N6c2ccccc2)N3c2ccccc2)cc1. The average molecular weight is 1840 g/mol. The molecule has 0 amide bonds. The van der Waals surface area contributed by atoms with Crippen LogP contribution in [-0.2, 0) is 0 Å². The average Bonchev–Trinajstić information content (AvgIpc) is 0.654. The van der Waals surface area contributed by atoms with Crippen LogP contribution in [0, 0.1) is 0 Å². The zero-order chi connectivity index (χ0) is 91.0. The van der Waals surface area contributed by atoms with E-state index < -0.39 is 35.2 Å². The molecule has 16 heteroatoms. The van der Waals surface area contributed by atoms with Crippen LogP contribution in [0.3, 0.4) is 0 Å². The summed E-state index contributed by atoms with van der Waals surface area (Å²) in [7, 11) is -8.75. The Bertz CT molecular complexity index is 7930. The maximum atomic E-state index is 7.55. The van der Waals surface area contributed by atoms with E-state index >= 15 is 0 Å². The Kier molecular flexibility index (Phi) is 17.4. The third-order valence-electron chi connectivity index (χ3n) is 29.4. The van der Waals surface area contributed by atoms with Gasteiger partial charge in [-0.1, -0.05) is 235 Å². The van der Waals surface area contributed by atoms with Crippen LogP contribution in [-0.4, -0.2) is 35.2 Å². The van der Waals surface area contributed by atoms with Crippen LogP contribution in [0.5, 0.6) is 46.0 Å². The highest BCUT2D eigenvalue weighted by molar-refractivity contribution is 7.05. The zero-order valence-corrected chi connectivity index (χ0v) is 80.8. The summed E-state index contributed by atoms with van der Waals surface area (Å²) in [6.45, 7) is 8.50. The molecule has 20 aromatic rings. The minimum atomic E-state index is -2.19. The summed E-state index contributed by atoms with van der Waals surface area (Å²) in [5.41, 5.74) is 28.5. The molecular weight excluding hydrogens is 1750 g/mol. The van der Waals surface area contributed by atoms with Crippen molar-refractivity contribution in [2.45, 2.75) is 40.5 Å². The first-order valence-electron chi connectivity index (χ1n) is 48.3. The predicted molar refractivity (Wildman–Crippen MR) is 582 cm³/mol. The fraction of sp³-hybridized carbons (Fsp3) is 0.0492. The van der Waals surface area contributed by atoms with Gasteiger partial charge in [-0.25, -0.2) is 0 Å². The Hall–Kier alpha value is -16.6. The van der Waals surface area contributed by atoms with Crippen LogP contribution in [0.1, 0.15) is 40.5 Å². The lowest BCUT2D eigenvalue weighted by atomic mass is 9.99. The first-order chi connectivity index (χ1) is 68.4. The molecule has 0 bridgehead atoms. The number of benzene rings is 20. The maximum absolute atomic E-state index is 7.55. The number of hydrogen-bond acceptors (Lipinski definition) is 12. The van der Waals surface area contributed by atoms with Crippen LogP contribution in [0.15, 0.2) is 413 Å². The van der Waals surface area contributed by atoms with Crippen LogP contribution in [0.2, 0.25) is 0 Å². The molecule has 656 valence electrons. The smallest absolute Gasteiger partial charge is 0.153 e. The second-order valence-corrected chi connectivity index (χ2v) is 47.6. The Labute approximate surface area is 806 Å². The maximum Gasteiger partial charge on any atom is 0.153 e. The van der Waals surface area contributed by atoms with E-state index in [0.717, 1.165) is 96.9 Å². The van der Waals surface area contributed by atoms with Crippen molar-refractivity contribution < 1.29 is 18.9 Å². The molecule has 138 heavy (non-hydrogen) atoms. The molecule has 12 heterocycles. The standard InChI is InChI=1S/2C58H36N4O2Si2.2C3H8/c1-5-17-35(18-6-1)59-41-25-13-27-43-53(41)65-55-45(59)29-15-31-47(55)63-49-33-40-39(51(57(49)65)61(43)37-21-9-3-10-22-37)34-50-58-52(40)62(38-23-11-4-12-24-38)44-28-14-26-42-54(44)66(58)56-46(30-16-32-48(56)64-50)60(42)36-19-7-2-8-20-36;1-5-17-35(18-6-1)59-41-25-13-27-43-53(41)65-56-46(59)30-16-32-49(56)64-52-40-34-50-58-51(39(40)33-47(57(52)65)61(43)37-21-9-3-10-22-37)62(38-23-11-4-12-24-38)44-28-14-26-42-54(44)66(58)55-45(29-15-31-48(55)63-50)60(42)36-19-7-2-8-20-36;2*1-3-2/h2*1-34,65-66H;2*3H2,1-2H3. The van der Waals surface area contributed by atoms with Crippen molar-refractivity contribution in [1.29, 1.82) is 0 Å². The van der Waals surface area contributed by atoms with Crippen molar-refractivity contribution in [1.82, 2.24) is 0 Å². The van der Waals surface area contributed by atoms with Crippen molar-refractivity contribution in [3.63, 3.8) is 0 Å². The van der Waals surface area contributed by atoms with Gasteiger partial charge in [-0.3, -0.25) is 0 Å². The summed E-state index contributed by atoms with van der Waals surface area (Å²) in [4.78, 5) is 20.0. The highest BCUT2D eigenvalue weighted by Gasteiger charge is 2.55. The van der Waals surface area contributed by atoms with Gasteiger partial charge in [-0.05, 0) is 239 Å². The molecule has 4 atom stereocenters. The molecule has 0 aromatic heterocycles. The molecule has 0 aliphatic carbocycles. The van der Waals surface area contributed by atoms with E-state index in [4.69, 9.17) is 18.9 Å². The van der Waals surface area contributed by atoms with Gasteiger partial charge in [-0.2, -0.15) is 0 Å². The molecule has 0 N–H and O–H groups in total. The number of ether oxygens (including phenoxy) is 4. The van der Waals surface area contributed by atoms with Gasteiger partial charge in [0, 0.05) is 177 Å². The largest absolute Gasteiger partial charge is 0.457 e. The van der Waals surface area contributed by atoms with Crippen LogP contribution < -0.4 is 120 Å². The van der Waals surface area contributed by atoms with Gasteiger partial charge in [0.2, 0.25) is 0 Å². The van der Waals surface area contributed by atoms with E-state index in [1.807, 2.05) is 0 Å². The second kappa shape index (κ2) is 30.4. The van der Waals surface area contributed by atoms with Crippen molar-refractivity contribution in [3.05, 3.63) is 413 Å². The van der Waals surface area contributed by atoms with E-state index in [1.54, 1.807) is 0 Å². The van der Waals surface area contributed by atoms with E-state index in [1.165, 1.54) is 182 Å². The Morgan fingerprint density at radius 3 is 0.601 bits per heavy atom. The van der Waals surface area contributed by atoms with Gasteiger partial charge < -0.3 is 58.1 Å². The van der Waals surface area contributed by atoms with Gasteiger partial charge in [0.25, 0.3) is 0 Å². The molecule has 12 aliphatic rings. The monoisotopic (exact) mass is 1840 g/mol. The number of hydrogen-bond donors (Lipinski definition) is 0. The molecule has 20 aromatic carbocycles. The van der Waals surface area contributed by atoms with Gasteiger partial charge in [0.05, 0.1) is 22.7 Å². The molecule has 0 fully saturated rings. The first-order valence-corrected chi connectivity index (χ1v) is 55.3. The molecule has 0 saturated heterocycles. The molecular formula is C122H88N8O4Si4. The Morgan fingerprint density at radius 1 is 0.159 bits per heavy atom. The third-order valence-corrected chi connectivity index (χ3v) is 43.3. The number of anilines is 24. The topological polar surface area (TPSA) is 62.8 Å². The van der Waals surface area contributed by atoms with Gasteiger partial charge >= 0.3 is 0 Å². The van der Waals surface area contributed by atoms with Crippen LogP contribution >= 0.6 is 0 Å². The molecule has 12 aliphatic heterocycles. The lowest BCUT2D eigenvalue weighted by Crippen LogP contribution is -2.64. The molecule has 0 radical (unpaired) electrons. The van der Waals surface area contributed by atoms with Gasteiger partial charge in [0.15, 0.2) is 35.2 Å². The van der Waals surface area contributed by atoms with E-state index in [9.17, 15) is 0 Å². The number of fused-ring (bicyclic) bond motifs is 6. The van der Waals surface area contributed by atoms with E-state index in [0.29, 0.717) is 0 Å². The normalized spacial score (nSPS) is 16.1. The minimum Gasteiger partial charge on any atom is -0.457 e. The molecule has 12 nitrogen and oxygen atoms in total. The number of rotatable bonds is 8. The molecule has 0 spiro atoms. The van der Waals surface area contributed by atoms with Crippen LogP contribution in [0.25, 0.3) is 21.5 Å². The Morgan fingerprint density at radius 2 is 0.348 bits per heavy atom. The lowest BCUT2D eigenvalue weighted by molar-refractivity contribution is 0.484. The molecule has 0 saturated carbocycles. The quantitative estimate of drug-likeness (QED) is 0.136. The summed E-state index contributed by atoms with van der Waals surface area (Å²) in [5.74, 6) is 7.62. The third kappa shape index (κ3) is 10.9. The lowest BCUT2D eigenvalue weighted by Gasteiger charge is -2.49. The van der Waals surface area contributed by atoms with Crippen molar-refractivity contribution >= 4 is 255 Å². The summed E-state index contributed by atoms with van der Waals surface area (Å²) < 4.78 is 29.7. The van der Waals surface area contributed by atoms with E-state index in [2.05, 4.69) is 479 Å². The fourth-order valence-electron chi connectivity index (χ4n) is 24.7. The highest BCUT2D eigenvalue weighted by atomic mass is 28.3. The molecule has 4 unspecified atom stereocenters. The zero-order valence-electron chi connectivity index (χ0n) is 76.2. The second-order valence-electron chi connectivity index (χ2n) is 37.3. The molecule has 32 rings (SSSR count). The highest BCUT2D eigenvalue weighted by Crippen LogP contribution is 2.60. The number of nitrogens with zero attached hydrogens (tertiary/aromatic N) is 8. The summed E-state index contributed by atoms with van der Waals surface area (Å²) in [6.07, 6.45) is 2.50. The minimum absolute atomic E-state index is 0.935.